The average Bonchev–Trinajstić information content (AvgIpc) is 2.60. The van der Waals surface area contributed by atoms with E-state index in [0.29, 0.717) is 6.04 Å². The van der Waals surface area contributed by atoms with Crippen LogP contribution in [0.1, 0.15) is 5.56 Å². The molecule has 0 aliphatic carbocycles. The van der Waals surface area contributed by atoms with Gasteiger partial charge < -0.3 is 14.4 Å². The molecular weight excluding hydrogens is 312 g/mol. The normalized spacial score (nSPS) is 18.9. The quantitative estimate of drug-likeness (QED) is 0.855. The van der Waals surface area contributed by atoms with Crippen molar-refractivity contribution in [1.82, 2.24) is 4.90 Å². The summed E-state index contributed by atoms with van der Waals surface area (Å²) < 4.78 is 11.0. The fraction of sp³-hybridized carbons (Fsp3) is 0.429. The Labute approximate surface area is 150 Å². The first-order chi connectivity index (χ1) is 12.2. The molecule has 4 heteroatoms. The lowest BCUT2D eigenvalue weighted by Gasteiger charge is -2.43. The zero-order valence-corrected chi connectivity index (χ0v) is 15.1. The summed E-state index contributed by atoms with van der Waals surface area (Å²) >= 11 is 0. The van der Waals surface area contributed by atoms with Gasteiger partial charge in [0.25, 0.3) is 0 Å². The lowest BCUT2D eigenvalue weighted by Crippen LogP contribution is -2.56. The molecule has 25 heavy (non-hydrogen) atoms. The summed E-state index contributed by atoms with van der Waals surface area (Å²) in [5.74, 6) is 0.958. The Balaban J connectivity index is 1.52. The molecule has 4 nitrogen and oxygen atoms in total. The lowest BCUT2D eigenvalue weighted by molar-refractivity contribution is -0.0660. The minimum absolute atomic E-state index is 0.632. The minimum atomic E-state index is 0.632. The van der Waals surface area contributed by atoms with Crippen LogP contribution in [0.15, 0.2) is 42.5 Å². The molecule has 0 aromatic heterocycles. The third-order valence-electron chi connectivity index (χ3n) is 5.32. The molecule has 0 unspecified atom stereocenters. The lowest BCUT2D eigenvalue weighted by atomic mass is 10.0. The predicted octanol–water partition coefficient (Wildman–Crippen LogP) is 3.19. The van der Waals surface area contributed by atoms with Crippen LogP contribution in [-0.2, 0) is 4.74 Å². The van der Waals surface area contributed by atoms with Gasteiger partial charge in [-0.2, -0.15) is 0 Å². The van der Waals surface area contributed by atoms with Crippen molar-refractivity contribution in [3.05, 3.63) is 48.0 Å². The van der Waals surface area contributed by atoms with Crippen LogP contribution in [0, 0.1) is 6.92 Å². The van der Waals surface area contributed by atoms with Gasteiger partial charge in [0.15, 0.2) is 0 Å². The molecule has 2 saturated heterocycles. The van der Waals surface area contributed by atoms with Crippen molar-refractivity contribution in [2.45, 2.75) is 13.0 Å². The summed E-state index contributed by atoms with van der Waals surface area (Å²) in [6.07, 6.45) is 0. The number of hydrogen-bond acceptors (Lipinski definition) is 4. The van der Waals surface area contributed by atoms with E-state index in [-0.39, 0.29) is 0 Å². The van der Waals surface area contributed by atoms with Crippen LogP contribution in [0.2, 0.25) is 0 Å². The van der Waals surface area contributed by atoms with E-state index in [4.69, 9.17) is 9.47 Å². The van der Waals surface area contributed by atoms with Crippen LogP contribution < -0.4 is 9.64 Å². The number of nitrogens with zero attached hydrogens (tertiary/aromatic N) is 2. The summed E-state index contributed by atoms with van der Waals surface area (Å²) in [4.78, 5) is 4.99. The highest BCUT2D eigenvalue weighted by Gasteiger charge is 2.29. The van der Waals surface area contributed by atoms with Crippen LogP contribution in [0.25, 0.3) is 11.1 Å². The van der Waals surface area contributed by atoms with Gasteiger partial charge in [-0.3, -0.25) is 4.90 Å². The van der Waals surface area contributed by atoms with Crippen LogP contribution >= 0.6 is 0 Å². The van der Waals surface area contributed by atoms with Gasteiger partial charge in [-0.05, 0) is 30.2 Å². The van der Waals surface area contributed by atoms with E-state index < -0.39 is 0 Å². The van der Waals surface area contributed by atoms with Gasteiger partial charge in [0.05, 0.1) is 32.1 Å². The van der Waals surface area contributed by atoms with Gasteiger partial charge in [-0.25, -0.2) is 0 Å². The highest BCUT2D eigenvalue weighted by molar-refractivity contribution is 5.72. The molecule has 0 radical (unpaired) electrons. The number of anilines is 1. The smallest absolute Gasteiger partial charge is 0.142 e. The van der Waals surface area contributed by atoms with Gasteiger partial charge in [0.1, 0.15) is 5.75 Å². The zero-order valence-electron chi connectivity index (χ0n) is 15.1. The second-order valence-corrected chi connectivity index (χ2v) is 6.97. The Bertz CT molecular complexity index is 734. The number of aryl methyl sites for hydroxylation is 1. The third-order valence-corrected chi connectivity index (χ3v) is 5.32. The van der Waals surface area contributed by atoms with Crippen LogP contribution in [-0.4, -0.2) is 57.4 Å². The second kappa shape index (κ2) is 7.06. The van der Waals surface area contributed by atoms with Crippen molar-refractivity contribution in [2.75, 3.05) is 51.4 Å². The Kier molecular flexibility index (Phi) is 4.64. The summed E-state index contributed by atoms with van der Waals surface area (Å²) in [7, 11) is 1.76. The number of ether oxygens (including phenoxy) is 2. The van der Waals surface area contributed by atoms with E-state index in [1.54, 1.807) is 7.11 Å². The number of hydrogen-bond donors (Lipinski definition) is 0. The largest absolute Gasteiger partial charge is 0.495 e. The monoisotopic (exact) mass is 338 g/mol. The predicted molar refractivity (Wildman–Crippen MR) is 102 cm³/mol. The van der Waals surface area contributed by atoms with E-state index in [2.05, 4.69) is 59.2 Å². The van der Waals surface area contributed by atoms with Gasteiger partial charge in [0, 0.05) is 26.2 Å². The molecule has 2 aliphatic heterocycles. The van der Waals surface area contributed by atoms with Gasteiger partial charge in [-0.1, -0.05) is 35.9 Å². The second-order valence-electron chi connectivity index (χ2n) is 6.97. The molecule has 0 spiro atoms. The van der Waals surface area contributed by atoms with E-state index in [0.717, 1.165) is 45.1 Å². The van der Waals surface area contributed by atoms with Crippen molar-refractivity contribution < 1.29 is 9.47 Å². The van der Waals surface area contributed by atoms with Gasteiger partial charge in [-0.15, -0.1) is 0 Å². The number of methoxy groups -OCH3 is 1. The molecule has 2 heterocycles. The third kappa shape index (κ3) is 3.37. The highest BCUT2D eigenvalue weighted by Crippen LogP contribution is 2.34. The number of piperazine rings is 1. The number of rotatable bonds is 4. The maximum Gasteiger partial charge on any atom is 0.142 e. The van der Waals surface area contributed by atoms with E-state index in [1.807, 2.05) is 0 Å². The molecule has 4 rings (SSSR count). The summed E-state index contributed by atoms with van der Waals surface area (Å²) in [5.41, 5.74) is 4.91. The summed E-state index contributed by atoms with van der Waals surface area (Å²) in [6.45, 7) is 8.19. The summed E-state index contributed by atoms with van der Waals surface area (Å²) in [5, 5.41) is 0. The molecule has 2 aromatic carbocycles. The SMILES string of the molecule is COc1cc(-c2cccc(C)c2)ccc1N1CCN(C2COC2)CC1. The fourth-order valence-electron chi connectivity index (χ4n) is 3.71. The first kappa shape index (κ1) is 16.4. The van der Waals surface area contributed by atoms with Gasteiger partial charge in [0.2, 0.25) is 0 Å². The van der Waals surface area contributed by atoms with E-state index in [1.165, 1.54) is 22.4 Å². The van der Waals surface area contributed by atoms with Crippen molar-refractivity contribution in [3.8, 4) is 16.9 Å². The first-order valence-corrected chi connectivity index (χ1v) is 9.06. The van der Waals surface area contributed by atoms with Crippen molar-refractivity contribution >= 4 is 5.69 Å². The van der Waals surface area contributed by atoms with Gasteiger partial charge >= 0.3 is 0 Å². The van der Waals surface area contributed by atoms with Crippen molar-refractivity contribution in [2.24, 2.45) is 0 Å². The van der Waals surface area contributed by atoms with E-state index >= 15 is 0 Å². The van der Waals surface area contributed by atoms with Crippen molar-refractivity contribution in [1.29, 1.82) is 0 Å². The maximum atomic E-state index is 5.72. The summed E-state index contributed by atoms with van der Waals surface area (Å²) in [6, 6.07) is 15.8. The molecule has 2 aromatic rings. The fourth-order valence-corrected chi connectivity index (χ4v) is 3.71. The number of benzene rings is 2. The first-order valence-electron chi connectivity index (χ1n) is 9.06. The molecule has 0 saturated carbocycles. The molecule has 0 amide bonds. The molecule has 0 N–H and O–H groups in total. The zero-order chi connectivity index (χ0) is 17.2. The molecule has 0 atom stereocenters. The Morgan fingerprint density at radius 2 is 1.72 bits per heavy atom. The molecule has 2 aliphatic rings. The minimum Gasteiger partial charge on any atom is -0.495 e. The Hall–Kier alpha value is -2.04. The Morgan fingerprint density at radius 1 is 0.960 bits per heavy atom. The molecule has 0 bridgehead atoms. The molecule has 132 valence electrons. The maximum absolute atomic E-state index is 5.72. The standard InChI is InChI=1S/C21H26N2O2/c1-16-4-3-5-17(12-16)18-6-7-20(21(13-18)24-2)23-10-8-22(9-11-23)19-14-25-15-19/h3-7,12-13,19H,8-11,14-15H2,1-2H3. The van der Waals surface area contributed by atoms with Crippen molar-refractivity contribution in [3.63, 3.8) is 0 Å². The Morgan fingerprint density at radius 3 is 2.36 bits per heavy atom. The van der Waals surface area contributed by atoms with Crippen LogP contribution in [0.4, 0.5) is 5.69 Å². The average molecular weight is 338 g/mol. The molecule has 2 fully saturated rings. The van der Waals surface area contributed by atoms with Crippen LogP contribution in [0.3, 0.4) is 0 Å². The topological polar surface area (TPSA) is 24.9 Å². The molecular formula is C21H26N2O2. The van der Waals surface area contributed by atoms with E-state index in [9.17, 15) is 0 Å². The van der Waals surface area contributed by atoms with Crippen LogP contribution in [0.5, 0.6) is 5.75 Å². The highest BCUT2D eigenvalue weighted by atomic mass is 16.5.